The minimum Gasteiger partial charge on any atom is -0.379 e. The van der Waals surface area contributed by atoms with Crippen molar-refractivity contribution >= 4 is 17.2 Å². The van der Waals surface area contributed by atoms with Crippen LogP contribution in [-0.4, -0.2) is 36.2 Å². The highest BCUT2D eigenvalue weighted by Crippen LogP contribution is 2.22. The Balaban J connectivity index is 2.19. The van der Waals surface area contributed by atoms with E-state index in [4.69, 9.17) is 17.0 Å². The van der Waals surface area contributed by atoms with Crippen LogP contribution in [0.25, 0.3) is 0 Å². The fourth-order valence-electron chi connectivity index (χ4n) is 1.98. The van der Waals surface area contributed by atoms with Gasteiger partial charge in [-0.2, -0.15) is 0 Å². The van der Waals surface area contributed by atoms with Crippen LogP contribution < -0.4 is 0 Å². The Morgan fingerprint density at radius 3 is 2.56 bits per heavy atom. The van der Waals surface area contributed by atoms with Crippen molar-refractivity contribution in [2.45, 2.75) is 6.04 Å². The van der Waals surface area contributed by atoms with Crippen molar-refractivity contribution in [1.82, 2.24) is 4.90 Å². The standard InChI is InChI=1S/C13H15NOS/c16-11-6-13(12-4-2-1-3-5-12)14-7-9-15-10-8-14/h1-6,13H,7-10H2. The topological polar surface area (TPSA) is 12.5 Å². The van der Waals surface area contributed by atoms with E-state index >= 15 is 0 Å². The largest absolute Gasteiger partial charge is 0.379 e. The molecule has 0 aliphatic carbocycles. The maximum atomic E-state index is 5.36. The molecule has 1 heterocycles. The van der Waals surface area contributed by atoms with Gasteiger partial charge in [-0.15, -0.1) is 0 Å². The van der Waals surface area contributed by atoms with Gasteiger partial charge in [0.2, 0.25) is 0 Å². The molecule has 1 atom stereocenters. The van der Waals surface area contributed by atoms with Crippen molar-refractivity contribution in [1.29, 1.82) is 0 Å². The molecule has 1 aliphatic rings. The van der Waals surface area contributed by atoms with Gasteiger partial charge >= 0.3 is 0 Å². The van der Waals surface area contributed by atoms with Crippen molar-refractivity contribution in [3.8, 4) is 0 Å². The second-order valence-electron chi connectivity index (χ2n) is 3.79. The van der Waals surface area contributed by atoms with Crippen LogP contribution in [0, 0.1) is 0 Å². The summed E-state index contributed by atoms with van der Waals surface area (Å²) in [4.78, 5) is 2.37. The highest BCUT2D eigenvalue weighted by Gasteiger charge is 2.19. The lowest BCUT2D eigenvalue weighted by atomic mass is 10.1. The Morgan fingerprint density at radius 1 is 1.25 bits per heavy atom. The number of thiocarbonyl (C=S) groups is 1. The summed E-state index contributed by atoms with van der Waals surface area (Å²) in [6.45, 7) is 3.50. The number of hydrogen-bond acceptors (Lipinski definition) is 3. The summed E-state index contributed by atoms with van der Waals surface area (Å²) in [5.74, 6) is 0. The number of hydrogen-bond donors (Lipinski definition) is 0. The molecular formula is C13H15NOS. The average molecular weight is 233 g/mol. The predicted octanol–water partition coefficient (Wildman–Crippen LogP) is 2.21. The lowest BCUT2D eigenvalue weighted by Crippen LogP contribution is -2.38. The molecule has 0 aromatic heterocycles. The molecule has 1 aliphatic heterocycles. The lowest BCUT2D eigenvalue weighted by Gasteiger charge is -2.32. The third kappa shape index (κ3) is 2.77. The van der Waals surface area contributed by atoms with Crippen molar-refractivity contribution in [2.75, 3.05) is 26.3 Å². The number of rotatable bonds is 3. The minimum atomic E-state index is 0.239. The van der Waals surface area contributed by atoms with Gasteiger partial charge in [-0.05, 0) is 28.9 Å². The summed E-state index contributed by atoms with van der Waals surface area (Å²) < 4.78 is 5.36. The fraction of sp³-hybridized carbons (Fsp3) is 0.385. The van der Waals surface area contributed by atoms with Crippen molar-refractivity contribution < 1.29 is 4.74 Å². The first-order valence-corrected chi connectivity index (χ1v) is 5.90. The Labute approximate surface area is 102 Å². The number of benzene rings is 1. The van der Waals surface area contributed by atoms with Crippen LogP contribution >= 0.6 is 12.2 Å². The third-order valence-corrected chi connectivity index (χ3v) is 2.94. The van der Waals surface area contributed by atoms with Gasteiger partial charge in [-0.1, -0.05) is 30.3 Å². The second kappa shape index (κ2) is 5.92. The minimum absolute atomic E-state index is 0.239. The van der Waals surface area contributed by atoms with E-state index < -0.39 is 0 Å². The van der Waals surface area contributed by atoms with Gasteiger partial charge in [-0.25, -0.2) is 0 Å². The molecule has 2 rings (SSSR count). The molecule has 3 heteroatoms. The van der Waals surface area contributed by atoms with Gasteiger partial charge in [0, 0.05) is 13.1 Å². The van der Waals surface area contributed by atoms with Gasteiger partial charge in [-0.3, -0.25) is 4.90 Å². The van der Waals surface area contributed by atoms with Crippen molar-refractivity contribution in [2.24, 2.45) is 0 Å². The van der Waals surface area contributed by atoms with Crippen molar-refractivity contribution in [3.63, 3.8) is 0 Å². The van der Waals surface area contributed by atoms with Gasteiger partial charge < -0.3 is 4.74 Å². The van der Waals surface area contributed by atoms with Gasteiger partial charge in [0.15, 0.2) is 0 Å². The zero-order valence-electron chi connectivity index (χ0n) is 9.13. The summed E-state index contributed by atoms with van der Waals surface area (Å²) in [6, 6.07) is 10.6. The second-order valence-corrected chi connectivity index (χ2v) is 4.02. The third-order valence-electron chi connectivity index (χ3n) is 2.81. The molecule has 0 amide bonds. The first-order chi connectivity index (χ1) is 7.92. The number of morpholine rings is 1. The monoisotopic (exact) mass is 233 g/mol. The number of ether oxygens (including phenoxy) is 1. The van der Waals surface area contributed by atoms with E-state index in [0.717, 1.165) is 26.3 Å². The summed E-state index contributed by atoms with van der Waals surface area (Å²) in [5, 5.41) is 2.74. The lowest BCUT2D eigenvalue weighted by molar-refractivity contribution is 0.0255. The molecule has 0 bridgehead atoms. The van der Waals surface area contributed by atoms with E-state index in [1.807, 2.05) is 12.1 Å². The molecule has 1 aromatic rings. The van der Waals surface area contributed by atoms with E-state index in [2.05, 4.69) is 34.2 Å². The summed E-state index contributed by atoms with van der Waals surface area (Å²) in [5.41, 5.74) is 1.27. The Morgan fingerprint density at radius 2 is 1.94 bits per heavy atom. The first kappa shape index (κ1) is 11.5. The van der Waals surface area contributed by atoms with Gasteiger partial charge in [0.1, 0.15) is 0 Å². The molecule has 84 valence electrons. The van der Waals surface area contributed by atoms with Crippen LogP contribution in [0.1, 0.15) is 11.6 Å². The van der Waals surface area contributed by atoms with Crippen LogP contribution in [0.3, 0.4) is 0 Å². The molecular weight excluding hydrogens is 218 g/mol. The van der Waals surface area contributed by atoms with Crippen LogP contribution in [0.5, 0.6) is 0 Å². The molecule has 0 saturated carbocycles. The normalized spacial score (nSPS) is 18.8. The first-order valence-electron chi connectivity index (χ1n) is 5.49. The molecule has 1 aromatic carbocycles. The Bertz CT molecular complexity index is 367. The summed E-state index contributed by atoms with van der Waals surface area (Å²) in [7, 11) is 0. The molecule has 0 N–H and O–H groups in total. The van der Waals surface area contributed by atoms with E-state index in [1.165, 1.54) is 5.56 Å². The molecule has 2 nitrogen and oxygen atoms in total. The van der Waals surface area contributed by atoms with E-state index in [1.54, 1.807) is 0 Å². The van der Waals surface area contributed by atoms with Gasteiger partial charge in [0.05, 0.1) is 19.3 Å². The molecule has 1 saturated heterocycles. The van der Waals surface area contributed by atoms with Crippen LogP contribution in [0.15, 0.2) is 36.4 Å². The zero-order chi connectivity index (χ0) is 11.2. The fourth-order valence-corrected chi connectivity index (χ4v) is 2.11. The quantitative estimate of drug-likeness (QED) is 0.743. The highest BCUT2D eigenvalue weighted by molar-refractivity contribution is 7.78. The Hall–Kier alpha value is -0.990. The van der Waals surface area contributed by atoms with Crippen molar-refractivity contribution in [3.05, 3.63) is 42.0 Å². The molecule has 16 heavy (non-hydrogen) atoms. The maximum absolute atomic E-state index is 5.36. The molecule has 0 spiro atoms. The van der Waals surface area contributed by atoms with E-state index in [-0.39, 0.29) is 6.04 Å². The smallest absolute Gasteiger partial charge is 0.0616 e. The van der Waals surface area contributed by atoms with Crippen LogP contribution in [0.4, 0.5) is 0 Å². The molecule has 1 unspecified atom stereocenters. The van der Waals surface area contributed by atoms with Crippen LogP contribution in [-0.2, 0) is 4.74 Å². The average Bonchev–Trinajstić information content (AvgIpc) is 2.38. The highest BCUT2D eigenvalue weighted by atomic mass is 32.1. The summed E-state index contributed by atoms with van der Waals surface area (Å²) >= 11 is 4.83. The van der Waals surface area contributed by atoms with Crippen LogP contribution in [0.2, 0.25) is 0 Å². The predicted molar refractivity (Wildman–Crippen MR) is 68.7 cm³/mol. The zero-order valence-corrected chi connectivity index (χ0v) is 9.95. The number of nitrogens with zero attached hydrogens (tertiary/aromatic N) is 1. The van der Waals surface area contributed by atoms with E-state index in [9.17, 15) is 0 Å². The molecule has 1 fully saturated rings. The Kier molecular flexibility index (Phi) is 4.25. The SMILES string of the molecule is S=C=CC(c1ccccc1)N1CCOCC1. The molecule has 0 radical (unpaired) electrons. The van der Waals surface area contributed by atoms with E-state index in [0.29, 0.717) is 0 Å². The summed E-state index contributed by atoms with van der Waals surface area (Å²) in [6.07, 6.45) is 1.95. The van der Waals surface area contributed by atoms with Gasteiger partial charge in [0.25, 0.3) is 0 Å². The maximum Gasteiger partial charge on any atom is 0.0616 e.